The van der Waals surface area contributed by atoms with E-state index in [0.717, 1.165) is 154 Å². The van der Waals surface area contributed by atoms with Crippen LogP contribution >= 0.6 is 15.6 Å². The lowest BCUT2D eigenvalue weighted by Gasteiger charge is -2.21. The third-order valence-corrected chi connectivity index (χ3v) is 17.6. The molecule has 5 unspecified atom stereocenters. The van der Waals surface area contributed by atoms with Gasteiger partial charge >= 0.3 is 39.5 Å². The molecule has 0 radical (unpaired) electrons. The summed E-state index contributed by atoms with van der Waals surface area (Å²) in [5.41, 5.74) is 0. The van der Waals surface area contributed by atoms with Gasteiger partial charge in [-0.25, -0.2) is 9.13 Å². The molecule has 0 aromatic carbocycles. The van der Waals surface area contributed by atoms with Crippen molar-refractivity contribution in [2.45, 2.75) is 354 Å². The first-order valence-electron chi connectivity index (χ1n) is 36.9. The van der Waals surface area contributed by atoms with E-state index in [0.29, 0.717) is 25.7 Å². The summed E-state index contributed by atoms with van der Waals surface area (Å²) in [7, 11) is -9.93. The fraction of sp³-hybridized carbons (Fsp3) is 0.836. The number of unbranched alkanes of at least 4 members (excludes halogenated alkanes) is 36. The third kappa shape index (κ3) is 65.7. The fourth-order valence-corrected chi connectivity index (χ4v) is 11.6. The molecule has 0 aromatic rings. The standard InChI is InChI=1S/C73H134O17P2/c1-5-9-13-17-21-25-29-31-33-35-39-42-46-50-54-58-71(76)84-64-69(90-73(78)60-56-52-48-44-40-36-34-32-30-26-22-18-14-10-6-2)66-88-92(81,82)86-62-67(74)61-85-91(79,80)87-65-68(89-72(77)59-55-51-47-43-38-28-24-20-16-12-8-4)63-83-70(75)57-53-49-45-41-37-27-23-19-15-11-7-3/h19-20,23-24,31-34,67-69,74H,5-18,21-22,25-30,35-66H2,1-4H3,(H,79,80)(H,81,82)/b23-19-,24-20-,33-31-,34-32-. The van der Waals surface area contributed by atoms with Crippen LogP contribution in [-0.4, -0.2) is 96.7 Å². The zero-order valence-electron chi connectivity index (χ0n) is 58.5. The largest absolute Gasteiger partial charge is 0.472 e. The van der Waals surface area contributed by atoms with Crippen LogP contribution in [0.3, 0.4) is 0 Å². The summed E-state index contributed by atoms with van der Waals surface area (Å²) in [4.78, 5) is 72.6. The number of phosphoric acid groups is 2. The normalized spacial score (nSPS) is 14.3. The van der Waals surface area contributed by atoms with Crippen LogP contribution < -0.4 is 0 Å². The minimum atomic E-state index is -4.97. The molecule has 92 heavy (non-hydrogen) atoms. The number of allylic oxidation sites excluding steroid dienone is 8. The molecule has 0 aliphatic heterocycles. The molecule has 0 saturated carbocycles. The van der Waals surface area contributed by atoms with Crippen LogP contribution in [0.1, 0.15) is 336 Å². The number of hydrogen-bond donors (Lipinski definition) is 3. The molecule has 17 nitrogen and oxygen atoms in total. The number of esters is 4. The second-order valence-corrected chi connectivity index (χ2v) is 27.8. The van der Waals surface area contributed by atoms with Gasteiger partial charge in [-0.05, 0) is 116 Å². The molecular formula is C73H134O17P2. The molecule has 0 aromatic heterocycles. The summed E-state index contributed by atoms with van der Waals surface area (Å²) in [5.74, 6) is -2.19. The Bertz CT molecular complexity index is 1940. The molecule has 5 atom stereocenters. The highest BCUT2D eigenvalue weighted by atomic mass is 31.2. The Morgan fingerprint density at radius 1 is 0.293 bits per heavy atom. The molecule has 3 N–H and O–H groups in total. The summed E-state index contributed by atoms with van der Waals surface area (Å²) < 4.78 is 68.3. The highest BCUT2D eigenvalue weighted by Crippen LogP contribution is 2.45. The van der Waals surface area contributed by atoms with E-state index in [4.69, 9.17) is 37.0 Å². The second-order valence-electron chi connectivity index (χ2n) is 24.9. The van der Waals surface area contributed by atoms with Gasteiger partial charge in [0, 0.05) is 25.7 Å². The summed E-state index contributed by atoms with van der Waals surface area (Å²) >= 11 is 0. The van der Waals surface area contributed by atoms with Crippen molar-refractivity contribution >= 4 is 39.5 Å². The van der Waals surface area contributed by atoms with Crippen LogP contribution in [0.2, 0.25) is 0 Å². The lowest BCUT2D eigenvalue weighted by atomic mass is 10.1. The van der Waals surface area contributed by atoms with E-state index in [1.54, 1.807) is 0 Å². The van der Waals surface area contributed by atoms with Crippen LogP contribution in [0.4, 0.5) is 0 Å². The Balaban J connectivity index is 5.31. The molecule has 19 heteroatoms. The zero-order valence-corrected chi connectivity index (χ0v) is 60.3. The monoisotopic (exact) mass is 1340 g/mol. The Hall–Kier alpha value is -2.98. The van der Waals surface area contributed by atoms with Gasteiger partial charge in [-0.3, -0.25) is 37.3 Å². The van der Waals surface area contributed by atoms with Crippen LogP contribution in [0.5, 0.6) is 0 Å². The Kier molecular flexibility index (Phi) is 64.5. The van der Waals surface area contributed by atoms with E-state index in [1.807, 2.05) is 0 Å². The van der Waals surface area contributed by atoms with Crippen molar-refractivity contribution in [3.63, 3.8) is 0 Å². The summed E-state index contributed by atoms with van der Waals surface area (Å²) in [5, 5.41) is 10.6. The Morgan fingerprint density at radius 2 is 0.511 bits per heavy atom. The van der Waals surface area contributed by atoms with Gasteiger partial charge in [0.15, 0.2) is 12.2 Å². The van der Waals surface area contributed by atoms with Crippen molar-refractivity contribution in [2.75, 3.05) is 39.6 Å². The van der Waals surface area contributed by atoms with Gasteiger partial charge in [0.05, 0.1) is 26.4 Å². The zero-order chi connectivity index (χ0) is 67.5. The topological polar surface area (TPSA) is 237 Å². The van der Waals surface area contributed by atoms with Crippen LogP contribution in [-0.2, 0) is 65.4 Å². The number of rotatable bonds is 70. The van der Waals surface area contributed by atoms with Crippen molar-refractivity contribution < 1.29 is 80.2 Å². The van der Waals surface area contributed by atoms with Gasteiger partial charge in [0.1, 0.15) is 19.3 Å². The molecule has 538 valence electrons. The minimum absolute atomic E-state index is 0.0868. The van der Waals surface area contributed by atoms with E-state index in [-0.39, 0.29) is 25.7 Å². The molecule has 0 spiro atoms. The van der Waals surface area contributed by atoms with Crippen molar-refractivity contribution in [3.8, 4) is 0 Å². The van der Waals surface area contributed by atoms with E-state index in [9.17, 15) is 43.2 Å². The quantitative estimate of drug-likeness (QED) is 0.0169. The molecule has 0 aliphatic carbocycles. The average molecular weight is 1350 g/mol. The molecular weight excluding hydrogens is 1210 g/mol. The van der Waals surface area contributed by atoms with Crippen LogP contribution in [0.15, 0.2) is 48.6 Å². The molecule has 0 rings (SSSR count). The lowest BCUT2D eigenvalue weighted by Crippen LogP contribution is -2.30. The number of aliphatic hydroxyl groups is 1. The summed E-state index contributed by atoms with van der Waals surface area (Å²) in [6.45, 7) is 4.78. The van der Waals surface area contributed by atoms with Gasteiger partial charge in [-0.1, -0.05) is 243 Å². The molecule has 0 saturated heterocycles. The van der Waals surface area contributed by atoms with Crippen LogP contribution in [0.25, 0.3) is 0 Å². The van der Waals surface area contributed by atoms with Crippen molar-refractivity contribution in [3.05, 3.63) is 48.6 Å². The van der Waals surface area contributed by atoms with Crippen molar-refractivity contribution in [1.82, 2.24) is 0 Å². The molecule has 0 aliphatic rings. The molecule has 0 fully saturated rings. The first-order chi connectivity index (χ1) is 44.7. The molecule has 0 bridgehead atoms. The van der Waals surface area contributed by atoms with E-state index < -0.39 is 97.5 Å². The van der Waals surface area contributed by atoms with Crippen LogP contribution in [0, 0.1) is 0 Å². The lowest BCUT2D eigenvalue weighted by molar-refractivity contribution is -0.161. The average Bonchev–Trinajstić information content (AvgIpc) is 2.39. The molecule has 0 heterocycles. The maximum absolute atomic E-state index is 13.0. The Labute approximate surface area is 559 Å². The predicted molar refractivity (Wildman–Crippen MR) is 372 cm³/mol. The first-order valence-corrected chi connectivity index (χ1v) is 39.9. The predicted octanol–water partition coefficient (Wildman–Crippen LogP) is 20.6. The van der Waals surface area contributed by atoms with Crippen molar-refractivity contribution in [2.24, 2.45) is 0 Å². The highest BCUT2D eigenvalue weighted by Gasteiger charge is 2.30. The van der Waals surface area contributed by atoms with E-state index >= 15 is 0 Å². The highest BCUT2D eigenvalue weighted by molar-refractivity contribution is 7.47. The SMILES string of the molecule is CCCC/C=C\CCCCCCCC(=O)OCC(COP(=O)(O)OCC(O)COP(=O)(O)OCC(COC(=O)CCCCCCC/C=C\CCCCCCCC)OC(=O)CCCCCCC/C=C\CCCCCCCC)OC(=O)CCCCCCC/C=C\CCCC. The van der Waals surface area contributed by atoms with Crippen molar-refractivity contribution in [1.29, 1.82) is 0 Å². The molecule has 0 amide bonds. The van der Waals surface area contributed by atoms with Gasteiger partial charge < -0.3 is 33.8 Å². The van der Waals surface area contributed by atoms with E-state index in [2.05, 4.69) is 76.3 Å². The third-order valence-electron chi connectivity index (χ3n) is 15.7. The number of carbonyl (C=O) groups is 4. The number of carbonyl (C=O) groups excluding carboxylic acids is 4. The first kappa shape index (κ1) is 89.0. The van der Waals surface area contributed by atoms with Gasteiger partial charge in [0.25, 0.3) is 0 Å². The maximum atomic E-state index is 13.0. The van der Waals surface area contributed by atoms with Gasteiger partial charge in [0.2, 0.25) is 0 Å². The van der Waals surface area contributed by atoms with Gasteiger partial charge in [-0.15, -0.1) is 0 Å². The number of hydrogen-bond acceptors (Lipinski definition) is 15. The second kappa shape index (κ2) is 66.6. The fourth-order valence-electron chi connectivity index (χ4n) is 10.00. The summed E-state index contributed by atoms with van der Waals surface area (Å²) in [6, 6.07) is 0. The Morgan fingerprint density at radius 3 is 0.783 bits per heavy atom. The van der Waals surface area contributed by atoms with Gasteiger partial charge in [-0.2, -0.15) is 0 Å². The number of phosphoric ester groups is 2. The maximum Gasteiger partial charge on any atom is 0.472 e. The number of ether oxygens (including phenoxy) is 4. The van der Waals surface area contributed by atoms with E-state index in [1.165, 1.54) is 103 Å². The summed E-state index contributed by atoms with van der Waals surface area (Å²) in [6.07, 6.45) is 61.2. The smallest absolute Gasteiger partial charge is 0.462 e. The minimum Gasteiger partial charge on any atom is -0.462 e. The number of aliphatic hydroxyl groups excluding tert-OH is 1.